The number of nitrogens with zero attached hydrogens (tertiary/aromatic N) is 1. The molecule has 0 spiro atoms. The second-order valence-corrected chi connectivity index (χ2v) is 5.87. The van der Waals surface area contributed by atoms with Gasteiger partial charge in [-0.15, -0.1) is 0 Å². The smallest absolute Gasteiger partial charge is 0.164 e. The molecule has 0 aromatic heterocycles. The summed E-state index contributed by atoms with van der Waals surface area (Å²) in [5, 5.41) is 0. The Bertz CT molecular complexity index is 441. The first-order valence-corrected chi connectivity index (χ1v) is 8.13. The van der Waals surface area contributed by atoms with E-state index in [2.05, 4.69) is 24.0 Å². The largest absolute Gasteiger partial charge is 0.371 e. The minimum atomic E-state index is 0.259. The molecule has 1 heterocycles. The van der Waals surface area contributed by atoms with Gasteiger partial charge in [0, 0.05) is 30.8 Å². The monoisotopic (exact) mass is 273 g/mol. The number of Topliss-reactive ketones (excluding diaryl/α,β-unsaturated/α-hetero) is 1. The first kappa shape index (κ1) is 15.1. The zero-order chi connectivity index (χ0) is 14.4. The van der Waals surface area contributed by atoms with Crippen LogP contribution in [-0.2, 0) is 0 Å². The highest BCUT2D eigenvalue weighted by Crippen LogP contribution is 2.28. The first-order valence-electron chi connectivity index (χ1n) is 8.13. The van der Waals surface area contributed by atoms with Gasteiger partial charge in [0.1, 0.15) is 0 Å². The number of hydrogen-bond acceptors (Lipinski definition) is 2. The minimum Gasteiger partial charge on any atom is -0.371 e. The maximum Gasteiger partial charge on any atom is 0.164 e. The van der Waals surface area contributed by atoms with Crippen LogP contribution in [0.25, 0.3) is 0 Å². The van der Waals surface area contributed by atoms with Gasteiger partial charge in [-0.05, 0) is 37.3 Å². The zero-order valence-corrected chi connectivity index (χ0v) is 12.9. The van der Waals surface area contributed by atoms with Crippen molar-refractivity contribution >= 4 is 11.5 Å². The number of anilines is 1. The van der Waals surface area contributed by atoms with Gasteiger partial charge in [0.25, 0.3) is 0 Å². The Labute approximate surface area is 123 Å². The standard InChI is InChI=1S/C18H27NO/c1-3-8-15-9-7-13-19(14-12-15)17-11-6-5-10-16(17)18(20)4-2/h5-6,10-11,15H,3-4,7-9,12-14H2,1-2H3. The third-order valence-corrected chi connectivity index (χ3v) is 4.41. The number of carbonyl (C=O) groups is 1. The number of hydrogen-bond donors (Lipinski definition) is 0. The summed E-state index contributed by atoms with van der Waals surface area (Å²) in [6.45, 7) is 6.41. The molecule has 2 heteroatoms. The van der Waals surface area contributed by atoms with Crippen LogP contribution in [0, 0.1) is 5.92 Å². The van der Waals surface area contributed by atoms with Crippen molar-refractivity contribution in [2.45, 2.75) is 52.4 Å². The highest BCUT2D eigenvalue weighted by Gasteiger charge is 2.19. The summed E-state index contributed by atoms with van der Waals surface area (Å²) < 4.78 is 0. The maximum absolute atomic E-state index is 12.1. The lowest BCUT2D eigenvalue weighted by Gasteiger charge is -2.25. The van der Waals surface area contributed by atoms with Crippen molar-refractivity contribution in [3.05, 3.63) is 29.8 Å². The molecule has 0 saturated carbocycles. The second-order valence-electron chi connectivity index (χ2n) is 5.87. The van der Waals surface area contributed by atoms with E-state index in [0.717, 1.165) is 30.3 Å². The molecule has 0 N–H and O–H groups in total. The van der Waals surface area contributed by atoms with E-state index < -0.39 is 0 Å². The maximum atomic E-state index is 12.1. The normalized spacial score (nSPS) is 19.7. The summed E-state index contributed by atoms with van der Waals surface area (Å²) >= 11 is 0. The highest BCUT2D eigenvalue weighted by atomic mass is 16.1. The van der Waals surface area contributed by atoms with Gasteiger partial charge in [0.2, 0.25) is 0 Å². The molecule has 1 atom stereocenters. The molecule has 2 rings (SSSR count). The van der Waals surface area contributed by atoms with Crippen LogP contribution < -0.4 is 4.90 Å². The number of benzene rings is 1. The molecule has 1 aliphatic rings. The van der Waals surface area contributed by atoms with E-state index in [1.807, 2.05) is 19.1 Å². The van der Waals surface area contributed by atoms with Crippen LogP contribution in [0.5, 0.6) is 0 Å². The zero-order valence-electron chi connectivity index (χ0n) is 12.9. The molecule has 1 fully saturated rings. The molecular weight excluding hydrogens is 246 g/mol. The lowest BCUT2D eigenvalue weighted by molar-refractivity contribution is 0.0988. The van der Waals surface area contributed by atoms with E-state index >= 15 is 0 Å². The Morgan fingerprint density at radius 1 is 1.20 bits per heavy atom. The predicted octanol–water partition coefficient (Wildman–Crippen LogP) is 4.69. The van der Waals surface area contributed by atoms with Gasteiger partial charge in [-0.1, -0.05) is 38.8 Å². The van der Waals surface area contributed by atoms with Crippen molar-refractivity contribution in [2.75, 3.05) is 18.0 Å². The Kier molecular flexibility index (Phi) is 5.63. The van der Waals surface area contributed by atoms with Crippen molar-refractivity contribution in [1.29, 1.82) is 0 Å². The average Bonchev–Trinajstić information content (AvgIpc) is 2.72. The molecule has 2 nitrogen and oxygen atoms in total. The fourth-order valence-electron chi connectivity index (χ4n) is 3.28. The molecule has 0 radical (unpaired) electrons. The second kappa shape index (κ2) is 7.47. The van der Waals surface area contributed by atoms with E-state index in [-0.39, 0.29) is 5.78 Å². The predicted molar refractivity (Wildman–Crippen MR) is 85.5 cm³/mol. The molecule has 0 aliphatic carbocycles. The SMILES string of the molecule is CCCC1CCCN(c2ccccc2C(=O)CC)CC1. The van der Waals surface area contributed by atoms with Crippen LogP contribution in [0.15, 0.2) is 24.3 Å². The molecule has 1 aromatic rings. The number of ketones is 1. The summed E-state index contributed by atoms with van der Waals surface area (Å²) in [6, 6.07) is 8.12. The number of para-hydroxylation sites is 1. The van der Waals surface area contributed by atoms with Gasteiger partial charge in [-0.2, -0.15) is 0 Å². The summed E-state index contributed by atoms with van der Waals surface area (Å²) in [5.41, 5.74) is 2.06. The van der Waals surface area contributed by atoms with E-state index in [0.29, 0.717) is 6.42 Å². The van der Waals surface area contributed by atoms with Crippen molar-refractivity contribution in [3.63, 3.8) is 0 Å². The van der Waals surface area contributed by atoms with Gasteiger partial charge in [-0.25, -0.2) is 0 Å². The minimum absolute atomic E-state index is 0.259. The third-order valence-electron chi connectivity index (χ3n) is 4.41. The Hall–Kier alpha value is -1.31. The summed E-state index contributed by atoms with van der Waals surface area (Å²) in [4.78, 5) is 14.5. The lowest BCUT2D eigenvalue weighted by atomic mass is 9.96. The van der Waals surface area contributed by atoms with Gasteiger partial charge in [-0.3, -0.25) is 4.79 Å². The third kappa shape index (κ3) is 3.62. The van der Waals surface area contributed by atoms with Crippen molar-refractivity contribution in [2.24, 2.45) is 5.92 Å². The fraction of sp³-hybridized carbons (Fsp3) is 0.611. The number of carbonyl (C=O) groups excluding carboxylic acids is 1. The van der Waals surface area contributed by atoms with Gasteiger partial charge in [0.05, 0.1) is 0 Å². The van der Waals surface area contributed by atoms with Crippen molar-refractivity contribution in [1.82, 2.24) is 0 Å². The Balaban J connectivity index is 2.13. The van der Waals surface area contributed by atoms with Crippen molar-refractivity contribution < 1.29 is 4.79 Å². The Morgan fingerprint density at radius 3 is 2.75 bits per heavy atom. The molecule has 1 aliphatic heterocycles. The van der Waals surface area contributed by atoms with E-state index in [1.54, 1.807) is 0 Å². The van der Waals surface area contributed by atoms with Crippen LogP contribution in [0.3, 0.4) is 0 Å². The molecule has 20 heavy (non-hydrogen) atoms. The van der Waals surface area contributed by atoms with Crippen molar-refractivity contribution in [3.8, 4) is 0 Å². The van der Waals surface area contributed by atoms with Crippen LogP contribution in [-0.4, -0.2) is 18.9 Å². The van der Waals surface area contributed by atoms with E-state index in [4.69, 9.17) is 0 Å². The molecule has 110 valence electrons. The van der Waals surface area contributed by atoms with Gasteiger partial charge >= 0.3 is 0 Å². The van der Waals surface area contributed by atoms with Crippen LogP contribution in [0.1, 0.15) is 62.7 Å². The van der Waals surface area contributed by atoms with Crippen LogP contribution >= 0.6 is 0 Å². The topological polar surface area (TPSA) is 20.3 Å². The summed E-state index contributed by atoms with van der Waals surface area (Å²) in [6.07, 6.45) is 7.08. The highest BCUT2D eigenvalue weighted by molar-refractivity contribution is 6.01. The quantitative estimate of drug-likeness (QED) is 0.726. The molecule has 0 bridgehead atoms. The average molecular weight is 273 g/mol. The molecule has 1 aromatic carbocycles. The molecular formula is C18H27NO. The Morgan fingerprint density at radius 2 is 2.00 bits per heavy atom. The van der Waals surface area contributed by atoms with E-state index in [9.17, 15) is 4.79 Å². The first-order chi connectivity index (χ1) is 9.76. The fourth-order valence-corrected chi connectivity index (χ4v) is 3.28. The van der Waals surface area contributed by atoms with Gasteiger partial charge in [0.15, 0.2) is 5.78 Å². The van der Waals surface area contributed by atoms with Gasteiger partial charge < -0.3 is 4.90 Å². The summed E-state index contributed by atoms with van der Waals surface area (Å²) in [5.74, 6) is 1.13. The van der Waals surface area contributed by atoms with Crippen LogP contribution in [0.4, 0.5) is 5.69 Å². The lowest BCUT2D eigenvalue weighted by Crippen LogP contribution is -2.26. The number of rotatable bonds is 5. The van der Waals surface area contributed by atoms with E-state index in [1.165, 1.54) is 32.1 Å². The summed E-state index contributed by atoms with van der Waals surface area (Å²) in [7, 11) is 0. The molecule has 0 amide bonds. The van der Waals surface area contributed by atoms with Crippen LogP contribution in [0.2, 0.25) is 0 Å². The molecule has 1 unspecified atom stereocenters. The molecule has 1 saturated heterocycles.